The summed E-state index contributed by atoms with van der Waals surface area (Å²) in [5.74, 6) is -0.191. The molecule has 7 nitrogen and oxygen atoms in total. The van der Waals surface area contributed by atoms with Gasteiger partial charge in [0.2, 0.25) is 11.8 Å². The Morgan fingerprint density at radius 3 is 2.33 bits per heavy atom. The van der Waals surface area contributed by atoms with Crippen molar-refractivity contribution in [1.82, 2.24) is 4.90 Å². The minimum absolute atomic E-state index is 0.0155. The van der Waals surface area contributed by atoms with E-state index in [9.17, 15) is 19.7 Å². The minimum Gasteiger partial charge on any atom is -0.329 e. The number of nitro groups is 1. The number of non-ortho nitro benzene ring substituents is 1. The smallest absolute Gasteiger partial charge is 0.269 e. The Labute approximate surface area is 141 Å². The number of hydrogen-bond donors (Lipinski definition) is 0. The summed E-state index contributed by atoms with van der Waals surface area (Å²) in [7, 11) is 0. The van der Waals surface area contributed by atoms with E-state index < -0.39 is 11.0 Å². The van der Waals surface area contributed by atoms with Crippen molar-refractivity contribution in [3.63, 3.8) is 0 Å². The van der Waals surface area contributed by atoms with E-state index in [4.69, 9.17) is 0 Å². The summed E-state index contributed by atoms with van der Waals surface area (Å²) < 4.78 is 0. The van der Waals surface area contributed by atoms with E-state index in [1.807, 2.05) is 20.8 Å². The summed E-state index contributed by atoms with van der Waals surface area (Å²) in [6.45, 7) is 8.54. The molecule has 0 radical (unpaired) electrons. The summed E-state index contributed by atoms with van der Waals surface area (Å²) >= 11 is 0. The maximum absolute atomic E-state index is 12.6. The zero-order valence-electron chi connectivity index (χ0n) is 14.5. The molecule has 1 heterocycles. The molecule has 1 aliphatic rings. The molecule has 1 fully saturated rings. The number of piperazine rings is 1. The highest BCUT2D eigenvalue weighted by Crippen LogP contribution is 2.25. The molecule has 1 aromatic rings. The number of carbonyl (C=O) groups is 2. The van der Waals surface area contributed by atoms with Crippen LogP contribution in [0.25, 0.3) is 0 Å². The van der Waals surface area contributed by atoms with Gasteiger partial charge in [-0.1, -0.05) is 20.8 Å². The fourth-order valence-corrected chi connectivity index (χ4v) is 2.78. The summed E-state index contributed by atoms with van der Waals surface area (Å²) in [6.07, 6.45) is 0.391. The molecule has 1 atom stereocenters. The fraction of sp³-hybridized carbons (Fsp3) is 0.529. The lowest BCUT2D eigenvalue weighted by molar-refractivity contribution is -0.384. The van der Waals surface area contributed by atoms with E-state index in [1.54, 1.807) is 28.9 Å². The molecule has 1 aliphatic heterocycles. The van der Waals surface area contributed by atoms with E-state index in [0.29, 0.717) is 25.2 Å². The van der Waals surface area contributed by atoms with Crippen molar-refractivity contribution in [2.45, 2.75) is 40.2 Å². The first kappa shape index (κ1) is 17.9. The van der Waals surface area contributed by atoms with Crippen molar-refractivity contribution in [3.05, 3.63) is 34.4 Å². The SMILES string of the molecule is C[C@H]1C(=O)N(c2ccc([N+](=O)[O-])cc2)CCN1C(=O)CC(C)(C)C. The third-order valence-electron chi connectivity index (χ3n) is 4.03. The molecule has 0 unspecified atom stereocenters. The molecule has 130 valence electrons. The topological polar surface area (TPSA) is 83.8 Å². The molecule has 1 aromatic carbocycles. The summed E-state index contributed by atoms with van der Waals surface area (Å²) in [6, 6.07) is 5.35. The van der Waals surface area contributed by atoms with Crippen molar-refractivity contribution in [2.75, 3.05) is 18.0 Å². The van der Waals surface area contributed by atoms with Gasteiger partial charge >= 0.3 is 0 Å². The molecular formula is C17H23N3O4. The van der Waals surface area contributed by atoms with Crippen LogP contribution in [0.2, 0.25) is 0 Å². The molecule has 0 saturated carbocycles. The number of nitrogens with zero attached hydrogens (tertiary/aromatic N) is 3. The van der Waals surface area contributed by atoms with Crippen molar-refractivity contribution >= 4 is 23.2 Å². The highest BCUT2D eigenvalue weighted by atomic mass is 16.6. The first-order valence-corrected chi connectivity index (χ1v) is 7.95. The van der Waals surface area contributed by atoms with Gasteiger partial charge in [-0.2, -0.15) is 0 Å². The highest BCUT2D eigenvalue weighted by Gasteiger charge is 2.36. The van der Waals surface area contributed by atoms with Crippen LogP contribution in [0.3, 0.4) is 0 Å². The van der Waals surface area contributed by atoms with Crippen LogP contribution in [0.4, 0.5) is 11.4 Å². The van der Waals surface area contributed by atoms with Gasteiger partial charge in [0.1, 0.15) is 6.04 Å². The number of rotatable bonds is 3. The van der Waals surface area contributed by atoms with E-state index in [1.165, 1.54) is 12.1 Å². The Hall–Kier alpha value is -2.44. The molecule has 7 heteroatoms. The fourth-order valence-electron chi connectivity index (χ4n) is 2.78. The summed E-state index contributed by atoms with van der Waals surface area (Å²) in [5.41, 5.74) is 0.466. The molecule has 2 rings (SSSR count). The van der Waals surface area contributed by atoms with Crippen molar-refractivity contribution in [2.24, 2.45) is 5.41 Å². The lowest BCUT2D eigenvalue weighted by Crippen LogP contribution is -2.58. The van der Waals surface area contributed by atoms with Crippen LogP contribution in [-0.2, 0) is 9.59 Å². The average Bonchev–Trinajstić information content (AvgIpc) is 2.48. The maximum atomic E-state index is 12.6. The van der Waals surface area contributed by atoms with Crippen molar-refractivity contribution < 1.29 is 14.5 Å². The Morgan fingerprint density at radius 1 is 1.25 bits per heavy atom. The zero-order valence-corrected chi connectivity index (χ0v) is 14.5. The molecule has 0 bridgehead atoms. The third kappa shape index (κ3) is 3.90. The van der Waals surface area contributed by atoms with Crippen molar-refractivity contribution in [1.29, 1.82) is 0 Å². The Kier molecular flexibility index (Phi) is 4.91. The van der Waals surface area contributed by atoms with E-state index in [2.05, 4.69) is 0 Å². The standard InChI is InChI=1S/C17H23N3O4/c1-12-16(22)19(13-5-7-14(8-6-13)20(23)24)10-9-18(12)15(21)11-17(2,3)4/h5-8,12H,9-11H2,1-4H3/t12-/m0/s1. The normalized spacial score (nSPS) is 18.7. The second-order valence-electron chi connectivity index (χ2n) is 7.26. The van der Waals surface area contributed by atoms with Crippen molar-refractivity contribution in [3.8, 4) is 0 Å². The maximum Gasteiger partial charge on any atom is 0.269 e. The van der Waals surface area contributed by atoms with E-state index in [0.717, 1.165) is 0 Å². The molecular weight excluding hydrogens is 310 g/mol. The van der Waals surface area contributed by atoms with Crippen LogP contribution < -0.4 is 4.90 Å². The largest absolute Gasteiger partial charge is 0.329 e. The van der Waals surface area contributed by atoms with Gasteiger partial charge in [0.25, 0.3) is 5.69 Å². The minimum atomic E-state index is -0.538. The predicted molar refractivity (Wildman–Crippen MR) is 90.7 cm³/mol. The molecule has 0 aliphatic carbocycles. The lowest BCUT2D eigenvalue weighted by atomic mass is 9.91. The Bertz CT molecular complexity index is 649. The summed E-state index contributed by atoms with van der Waals surface area (Å²) in [4.78, 5) is 38.5. The third-order valence-corrected chi connectivity index (χ3v) is 4.03. The van der Waals surface area contributed by atoms with Crippen LogP contribution in [-0.4, -0.2) is 40.8 Å². The van der Waals surface area contributed by atoms with Gasteiger partial charge < -0.3 is 9.80 Å². The molecule has 0 aromatic heterocycles. The van der Waals surface area contributed by atoms with E-state index >= 15 is 0 Å². The van der Waals surface area contributed by atoms with Gasteiger partial charge in [-0.25, -0.2) is 0 Å². The number of anilines is 1. The zero-order chi connectivity index (χ0) is 18.1. The van der Waals surface area contributed by atoms with Gasteiger partial charge in [0, 0.05) is 37.3 Å². The van der Waals surface area contributed by atoms with Gasteiger partial charge in [0.15, 0.2) is 0 Å². The first-order chi connectivity index (χ1) is 11.1. The van der Waals surface area contributed by atoms with Gasteiger partial charge in [-0.15, -0.1) is 0 Å². The Morgan fingerprint density at radius 2 is 1.83 bits per heavy atom. The number of carbonyl (C=O) groups excluding carboxylic acids is 2. The molecule has 0 N–H and O–H groups in total. The van der Waals surface area contributed by atoms with Crippen LogP contribution in [0.5, 0.6) is 0 Å². The average molecular weight is 333 g/mol. The number of hydrogen-bond acceptors (Lipinski definition) is 4. The van der Waals surface area contributed by atoms with Gasteiger partial charge in [-0.05, 0) is 24.5 Å². The monoisotopic (exact) mass is 333 g/mol. The first-order valence-electron chi connectivity index (χ1n) is 7.95. The number of benzene rings is 1. The molecule has 2 amide bonds. The predicted octanol–water partition coefficient (Wildman–Crippen LogP) is 2.59. The second-order valence-corrected chi connectivity index (χ2v) is 7.26. The second kappa shape index (κ2) is 6.59. The Balaban J connectivity index is 2.12. The van der Waals surface area contributed by atoms with E-state index in [-0.39, 0.29) is 22.9 Å². The molecule has 24 heavy (non-hydrogen) atoms. The van der Waals surface area contributed by atoms with Crippen LogP contribution in [0, 0.1) is 15.5 Å². The van der Waals surface area contributed by atoms with Crippen LogP contribution in [0.15, 0.2) is 24.3 Å². The highest BCUT2D eigenvalue weighted by molar-refractivity contribution is 6.00. The summed E-state index contributed by atoms with van der Waals surface area (Å²) in [5, 5.41) is 10.7. The van der Waals surface area contributed by atoms with Gasteiger partial charge in [-0.3, -0.25) is 19.7 Å². The van der Waals surface area contributed by atoms with Crippen LogP contribution >= 0.6 is 0 Å². The van der Waals surface area contributed by atoms with Crippen LogP contribution in [0.1, 0.15) is 34.1 Å². The number of nitro benzene ring substituents is 1. The molecule has 0 spiro atoms. The quantitative estimate of drug-likeness (QED) is 0.629. The number of amides is 2. The van der Waals surface area contributed by atoms with Gasteiger partial charge in [0.05, 0.1) is 4.92 Å². The lowest BCUT2D eigenvalue weighted by Gasteiger charge is -2.40. The molecule has 1 saturated heterocycles.